The first kappa shape index (κ1) is 16.9. The topological polar surface area (TPSA) is 72.3 Å². The van der Waals surface area contributed by atoms with Crippen LogP contribution >= 0.6 is 0 Å². The number of nitrogens with one attached hydrogen (secondary N) is 1. The van der Waals surface area contributed by atoms with Gasteiger partial charge in [0.15, 0.2) is 5.65 Å². The van der Waals surface area contributed by atoms with Gasteiger partial charge in [0.2, 0.25) is 0 Å². The fourth-order valence-electron chi connectivity index (χ4n) is 3.72. The molecule has 0 radical (unpaired) electrons. The van der Waals surface area contributed by atoms with Crippen LogP contribution < -0.4 is 0 Å². The fraction of sp³-hybridized carbons (Fsp3) is 0.263. The molecular formula is C19H15F3N6. The van der Waals surface area contributed by atoms with E-state index in [1.807, 2.05) is 13.0 Å². The second kappa shape index (κ2) is 5.88. The van der Waals surface area contributed by atoms with E-state index in [-0.39, 0.29) is 12.8 Å². The number of pyridine rings is 2. The largest absolute Gasteiger partial charge is 0.267 e. The molecule has 0 saturated carbocycles. The standard InChI is InChI=1S/C19H15F3N6/c1-10-6-12(13-8-24-26-18(13)25-10)16-15-4-5-19(21,22)9-28(15)27-17(16)14-3-2-11(20)7-23-14/h2-3,6-8H,4-5,9H2,1H3,(H,24,25,26). The molecule has 6 nitrogen and oxygen atoms in total. The zero-order valence-electron chi connectivity index (χ0n) is 14.9. The highest BCUT2D eigenvalue weighted by Gasteiger charge is 2.37. The van der Waals surface area contributed by atoms with Crippen LogP contribution in [0, 0.1) is 12.7 Å². The Morgan fingerprint density at radius 2 is 2.07 bits per heavy atom. The molecule has 1 aliphatic heterocycles. The van der Waals surface area contributed by atoms with Crippen LogP contribution in [0.15, 0.2) is 30.6 Å². The van der Waals surface area contributed by atoms with Gasteiger partial charge >= 0.3 is 0 Å². The molecule has 28 heavy (non-hydrogen) atoms. The average molecular weight is 384 g/mol. The Hall–Kier alpha value is -3.23. The number of aromatic amines is 1. The maximum absolute atomic E-state index is 14.0. The summed E-state index contributed by atoms with van der Waals surface area (Å²) >= 11 is 0. The molecule has 0 fully saturated rings. The monoisotopic (exact) mass is 384 g/mol. The second-order valence-corrected chi connectivity index (χ2v) is 6.99. The lowest BCUT2D eigenvalue weighted by molar-refractivity contribution is -0.0377. The van der Waals surface area contributed by atoms with Crippen molar-refractivity contribution in [3.8, 4) is 22.5 Å². The number of rotatable bonds is 2. The van der Waals surface area contributed by atoms with Crippen LogP contribution in [0.3, 0.4) is 0 Å². The zero-order chi connectivity index (χ0) is 19.5. The molecule has 0 aromatic carbocycles. The van der Waals surface area contributed by atoms with Gasteiger partial charge in [-0.1, -0.05) is 0 Å². The Kier molecular flexibility index (Phi) is 3.55. The van der Waals surface area contributed by atoms with E-state index in [2.05, 4.69) is 25.3 Å². The SMILES string of the molecule is Cc1cc(-c2c(-c3ccc(F)cn3)nn3c2CCC(F)(F)C3)c2cn[nH]c2n1. The predicted octanol–water partition coefficient (Wildman–Crippen LogP) is 3.91. The first-order chi connectivity index (χ1) is 13.4. The van der Waals surface area contributed by atoms with Crippen LogP contribution in [0.5, 0.6) is 0 Å². The van der Waals surface area contributed by atoms with Crippen molar-refractivity contribution in [2.45, 2.75) is 32.2 Å². The van der Waals surface area contributed by atoms with E-state index in [0.717, 1.165) is 22.8 Å². The average Bonchev–Trinajstić information content (AvgIpc) is 3.24. The summed E-state index contributed by atoms with van der Waals surface area (Å²) in [4.78, 5) is 8.55. The molecule has 5 rings (SSSR count). The maximum atomic E-state index is 14.0. The third-order valence-corrected chi connectivity index (χ3v) is 4.96. The molecule has 0 spiro atoms. The number of fused-ring (bicyclic) bond motifs is 2. The van der Waals surface area contributed by atoms with Crippen molar-refractivity contribution >= 4 is 11.0 Å². The van der Waals surface area contributed by atoms with E-state index in [1.165, 1.54) is 16.8 Å². The van der Waals surface area contributed by atoms with Crippen molar-refractivity contribution in [2.75, 3.05) is 0 Å². The molecule has 1 N–H and O–H groups in total. The number of H-pyrrole nitrogens is 1. The third-order valence-electron chi connectivity index (χ3n) is 4.96. The molecule has 4 aromatic heterocycles. The number of aromatic nitrogens is 6. The normalized spacial score (nSPS) is 15.7. The van der Waals surface area contributed by atoms with Crippen LogP contribution in [0.25, 0.3) is 33.5 Å². The van der Waals surface area contributed by atoms with Gasteiger partial charge < -0.3 is 0 Å². The lowest BCUT2D eigenvalue weighted by atomic mass is 9.95. The van der Waals surface area contributed by atoms with Gasteiger partial charge in [0.1, 0.15) is 18.1 Å². The van der Waals surface area contributed by atoms with E-state index < -0.39 is 18.3 Å². The third kappa shape index (κ3) is 2.65. The van der Waals surface area contributed by atoms with Crippen LogP contribution in [0.4, 0.5) is 13.2 Å². The van der Waals surface area contributed by atoms with Gasteiger partial charge in [-0.05, 0) is 31.5 Å². The van der Waals surface area contributed by atoms with Gasteiger partial charge in [-0.2, -0.15) is 10.2 Å². The minimum absolute atomic E-state index is 0.178. The van der Waals surface area contributed by atoms with Crippen molar-refractivity contribution in [3.63, 3.8) is 0 Å². The smallest absolute Gasteiger partial charge is 0.262 e. The maximum Gasteiger partial charge on any atom is 0.267 e. The molecule has 5 heterocycles. The fourth-order valence-corrected chi connectivity index (χ4v) is 3.72. The molecule has 142 valence electrons. The molecule has 0 unspecified atom stereocenters. The van der Waals surface area contributed by atoms with Gasteiger partial charge in [-0.25, -0.2) is 18.2 Å². The van der Waals surface area contributed by atoms with Gasteiger partial charge in [0.05, 0.1) is 18.1 Å². The van der Waals surface area contributed by atoms with E-state index in [4.69, 9.17) is 0 Å². The molecule has 4 aromatic rings. The Labute approximate surface area is 157 Å². The Morgan fingerprint density at radius 1 is 1.21 bits per heavy atom. The summed E-state index contributed by atoms with van der Waals surface area (Å²) in [7, 11) is 0. The Morgan fingerprint density at radius 3 is 2.86 bits per heavy atom. The molecule has 0 bridgehead atoms. The zero-order valence-corrected chi connectivity index (χ0v) is 14.9. The second-order valence-electron chi connectivity index (χ2n) is 6.99. The number of halogens is 3. The lowest BCUT2D eigenvalue weighted by Gasteiger charge is -2.23. The van der Waals surface area contributed by atoms with Gasteiger partial charge in [0, 0.05) is 34.3 Å². The summed E-state index contributed by atoms with van der Waals surface area (Å²) in [6.07, 6.45) is 2.68. The van der Waals surface area contributed by atoms with Crippen molar-refractivity contribution in [3.05, 3.63) is 47.8 Å². The minimum Gasteiger partial charge on any atom is -0.262 e. The number of alkyl halides is 2. The molecule has 9 heteroatoms. The quantitative estimate of drug-likeness (QED) is 0.569. The van der Waals surface area contributed by atoms with E-state index in [9.17, 15) is 13.2 Å². The van der Waals surface area contributed by atoms with E-state index in [0.29, 0.717) is 28.3 Å². The molecule has 0 aliphatic carbocycles. The number of nitrogens with zero attached hydrogens (tertiary/aromatic N) is 5. The first-order valence-corrected chi connectivity index (χ1v) is 8.82. The minimum atomic E-state index is -2.82. The summed E-state index contributed by atoms with van der Waals surface area (Å²) in [6.45, 7) is 1.36. The van der Waals surface area contributed by atoms with Gasteiger partial charge in [-0.15, -0.1) is 0 Å². The summed E-state index contributed by atoms with van der Waals surface area (Å²) in [5, 5.41) is 12.1. The number of hydrogen-bond donors (Lipinski definition) is 1. The van der Waals surface area contributed by atoms with Crippen molar-refractivity contribution in [1.29, 1.82) is 0 Å². The molecule has 0 atom stereocenters. The Balaban J connectivity index is 1.81. The molecular weight excluding hydrogens is 369 g/mol. The number of hydrogen-bond acceptors (Lipinski definition) is 4. The summed E-state index contributed by atoms with van der Waals surface area (Å²) in [5.74, 6) is -3.29. The van der Waals surface area contributed by atoms with Crippen LogP contribution in [-0.4, -0.2) is 35.9 Å². The molecule has 0 saturated heterocycles. The Bertz CT molecular complexity index is 1190. The predicted molar refractivity (Wildman–Crippen MR) is 96.3 cm³/mol. The van der Waals surface area contributed by atoms with Crippen molar-refractivity contribution in [2.24, 2.45) is 0 Å². The van der Waals surface area contributed by atoms with Gasteiger partial charge in [-0.3, -0.25) is 14.8 Å². The van der Waals surface area contributed by atoms with Crippen LogP contribution in [0.1, 0.15) is 17.8 Å². The number of aryl methyl sites for hydroxylation is 1. The van der Waals surface area contributed by atoms with Crippen molar-refractivity contribution in [1.82, 2.24) is 29.9 Å². The van der Waals surface area contributed by atoms with E-state index in [1.54, 1.807) is 6.20 Å². The summed E-state index contributed by atoms with van der Waals surface area (Å²) < 4.78 is 42.7. The first-order valence-electron chi connectivity index (χ1n) is 8.82. The van der Waals surface area contributed by atoms with Crippen LogP contribution in [-0.2, 0) is 13.0 Å². The summed E-state index contributed by atoms with van der Waals surface area (Å²) in [5.41, 5.74) is 4.45. The highest BCUT2D eigenvalue weighted by Crippen LogP contribution is 2.41. The lowest BCUT2D eigenvalue weighted by Crippen LogP contribution is -2.31. The highest BCUT2D eigenvalue weighted by atomic mass is 19.3. The summed E-state index contributed by atoms with van der Waals surface area (Å²) in [6, 6.07) is 4.67. The van der Waals surface area contributed by atoms with E-state index >= 15 is 0 Å². The van der Waals surface area contributed by atoms with Gasteiger partial charge in [0.25, 0.3) is 5.92 Å². The van der Waals surface area contributed by atoms with Crippen molar-refractivity contribution < 1.29 is 13.2 Å². The highest BCUT2D eigenvalue weighted by molar-refractivity contribution is 5.97. The molecule has 0 amide bonds. The van der Waals surface area contributed by atoms with Crippen LogP contribution in [0.2, 0.25) is 0 Å². The molecule has 1 aliphatic rings.